The normalized spacial score (nSPS) is 19.4. The summed E-state index contributed by atoms with van der Waals surface area (Å²) in [7, 11) is 0. The van der Waals surface area contributed by atoms with Crippen LogP contribution in [0, 0.1) is 12.7 Å². The average molecular weight is 412 g/mol. The van der Waals surface area contributed by atoms with E-state index in [1.165, 1.54) is 28.3 Å². The summed E-state index contributed by atoms with van der Waals surface area (Å²) in [6.07, 6.45) is 1.45. The number of carbonyl (C=O) groups is 2. The highest BCUT2D eigenvalue weighted by atomic mass is 32.2. The van der Waals surface area contributed by atoms with Crippen LogP contribution in [-0.4, -0.2) is 53.8 Å². The van der Waals surface area contributed by atoms with Crippen LogP contribution in [0.25, 0.3) is 6.08 Å². The van der Waals surface area contributed by atoms with E-state index in [0.717, 1.165) is 37.9 Å². The van der Waals surface area contributed by atoms with Gasteiger partial charge in [0.1, 0.15) is 5.82 Å². The highest BCUT2D eigenvalue weighted by Gasteiger charge is 2.36. The molecule has 0 radical (unpaired) electrons. The van der Waals surface area contributed by atoms with E-state index in [4.69, 9.17) is 0 Å². The number of piperazine rings is 1. The van der Waals surface area contributed by atoms with E-state index in [-0.39, 0.29) is 22.7 Å². The molecular formula is C22H22FN3O2S. The van der Waals surface area contributed by atoms with Crippen molar-refractivity contribution in [2.45, 2.75) is 6.92 Å². The van der Waals surface area contributed by atoms with E-state index in [9.17, 15) is 14.0 Å². The zero-order valence-corrected chi connectivity index (χ0v) is 17.0. The van der Waals surface area contributed by atoms with Crippen LogP contribution in [0.5, 0.6) is 0 Å². The molecule has 2 amide bonds. The third-order valence-electron chi connectivity index (χ3n) is 5.18. The van der Waals surface area contributed by atoms with E-state index < -0.39 is 5.82 Å². The summed E-state index contributed by atoms with van der Waals surface area (Å²) >= 11 is 0.867. The second-order valence-corrected chi connectivity index (χ2v) is 8.21. The molecule has 0 bridgehead atoms. The van der Waals surface area contributed by atoms with Gasteiger partial charge in [-0.2, -0.15) is 0 Å². The molecule has 2 aromatic carbocycles. The quantitative estimate of drug-likeness (QED) is 0.713. The molecule has 0 aliphatic carbocycles. The van der Waals surface area contributed by atoms with Crippen LogP contribution < -0.4 is 4.90 Å². The lowest BCUT2D eigenvalue weighted by molar-refractivity contribution is -0.124. The Morgan fingerprint density at radius 1 is 1.00 bits per heavy atom. The number of halogens is 1. The molecule has 29 heavy (non-hydrogen) atoms. The summed E-state index contributed by atoms with van der Waals surface area (Å²) < 4.78 is 13.9. The van der Waals surface area contributed by atoms with Gasteiger partial charge in [0, 0.05) is 37.4 Å². The molecule has 150 valence electrons. The number of benzene rings is 2. The molecule has 0 N–H and O–H groups in total. The van der Waals surface area contributed by atoms with Gasteiger partial charge in [0.15, 0.2) is 0 Å². The number of rotatable bonds is 4. The maximum atomic E-state index is 13.9. The molecule has 2 aromatic rings. The standard InChI is InChI=1S/C22H22FN3O2S/c1-16-6-8-18(9-7-16)25-12-10-24(11-13-25)15-26-21(27)20(29-22(26)28)14-17-4-2-3-5-19(17)23/h2-9,14H,10-13,15H2,1H3. The number of imide groups is 1. The number of hydrogen-bond acceptors (Lipinski definition) is 5. The van der Waals surface area contributed by atoms with Gasteiger partial charge in [0.2, 0.25) is 0 Å². The summed E-state index contributed by atoms with van der Waals surface area (Å²) in [5, 5.41) is -0.307. The van der Waals surface area contributed by atoms with Crippen molar-refractivity contribution >= 4 is 34.7 Å². The Bertz CT molecular complexity index is 953. The second-order valence-electron chi connectivity index (χ2n) is 7.21. The summed E-state index contributed by atoms with van der Waals surface area (Å²) in [5.41, 5.74) is 2.73. The highest BCUT2D eigenvalue weighted by molar-refractivity contribution is 8.18. The number of amides is 2. The second kappa shape index (κ2) is 8.39. The van der Waals surface area contributed by atoms with E-state index in [0.29, 0.717) is 5.56 Å². The smallest absolute Gasteiger partial charge is 0.294 e. The monoisotopic (exact) mass is 411 g/mol. The average Bonchev–Trinajstić information content (AvgIpc) is 2.98. The maximum absolute atomic E-state index is 13.9. The number of carbonyl (C=O) groups excluding carboxylic acids is 2. The molecule has 2 fully saturated rings. The predicted octanol–water partition coefficient (Wildman–Crippen LogP) is 3.95. The minimum atomic E-state index is -0.411. The number of thioether (sulfide) groups is 1. The molecule has 2 aliphatic heterocycles. The van der Waals surface area contributed by atoms with Gasteiger partial charge in [0.05, 0.1) is 11.6 Å². The highest BCUT2D eigenvalue weighted by Crippen LogP contribution is 2.32. The van der Waals surface area contributed by atoms with Crippen molar-refractivity contribution in [3.05, 3.63) is 70.4 Å². The number of nitrogens with zero attached hydrogens (tertiary/aromatic N) is 3. The van der Waals surface area contributed by atoms with Crippen LogP contribution in [0.1, 0.15) is 11.1 Å². The fraction of sp³-hybridized carbons (Fsp3) is 0.273. The first kappa shape index (κ1) is 19.7. The van der Waals surface area contributed by atoms with Gasteiger partial charge < -0.3 is 4.90 Å². The van der Waals surface area contributed by atoms with Gasteiger partial charge >= 0.3 is 0 Å². The van der Waals surface area contributed by atoms with E-state index in [1.807, 2.05) is 0 Å². The Labute approximate surface area is 173 Å². The summed E-state index contributed by atoms with van der Waals surface area (Å²) in [6.45, 7) is 5.54. The fourth-order valence-electron chi connectivity index (χ4n) is 3.46. The topological polar surface area (TPSA) is 43.9 Å². The van der Waals surface area contributed by atoms with E-state index >= 15 is 0 Å². The molecule has 0 spiro atoms. The molecule has 2 aliphatic rings. The van der Waals surface area contributed by atoms with Crippen LogP contribution in [0.3, 0.4) is 0 Å². The van der Waals surface area contributed by atoms with Crippen molar-refractivity contribution in [3.63, 3.8) is 0 Å². The van der Waals surface area contributed by atoms with E-state index in [1.54, 1.807) is 18.2 Å². The lowest BCUT2D eigenvalue weighted by Gasteiger charge is -2.37. The summed E-state index contributed by atoms with van der Waals surface area (Å²) in [4.78, 5) is 31.0. The minimum Gasteiger partial charge on any atom is -0.369 e. The fourth-order valence-corrected chi connectivity index (χ4v) is 4.28. The molecule has 7 heteroatoms. The van der Waals surface area contributed by atoms with Gasteiger partial charge in [-0.15, -0.1) is 0 Å². The molecule has 2 heterocycles. The molecule has 0 unspecified atom stereocenters. The lowest BCUT2D eigenvalue weighted by atomic mass is 10.2. The Morgan fingerprint density at radius 2 is 1.69 bits per heavy atom. The van der Waals surface area contributed by atoms with Crippen LogP contribution in [-0.2, 0) is 4.79 Å². The molecule has 0 atom stereocenters. The van der Waals surface area contributed by atoms with Crippen molar-refractivity contribution in [2.75, 3.05) is 37.7 Å². The molecule has 0 saturated carbocycles. The van der Waals surface area contributed by atoms with Crippen molar-refractivity contribution in [2.24, 2.45) is 0 Å². The van der Waals surface area contributed by atoms with Gasteiger partial charge in [-0.25, -0.2) is 4.39 Å². The minimum absolute atomic E-state index is 0.262. The first-order valence-electron chi connectivity index (χ1n) is 9.55. The Kier molecular flexibility index (Phi) is 5.69. The van der Waals surface area contributed by atoms with Crippen molar-refractivity contribution in [3.8, 4) is 0 Å². The summed E-state index contributed by atoms with van der Waals surface area (Å²) in [5.74, 6) is -0.768. The van der Waals surface area contributed by atoms with Crippen LogP contribution >= 0.6 is 11.8 Å². The molecule has 4 rings (SSSR count). The van der Waals surface area contributed by atoms with Crippen LogP contribution in [0.4, 0.5) is 14.9 Å². The van der Waals surface area contributed by atoms with Crippen LogP contribution in [0.15, 0.2) is 53.4 Å². The number of hydrogen-bond donors (Lipinski definition) is 0. The molecule has 0 aromatic heterocycles. The maximum Gasteiger partial charge on any atom is 0.294 e. The number of anilines is 1. The van der Waals surface area contributed by atoms with Gasteiger partial charge in [0.25, 0.3) is 11.1 Å². The Balaban J connectivity index is 1.38. The zero-order valence-electron chi connectivity index (χ0n) is 16.2. The van der Waals surface area contributed by atoms with Gasteiger partial charge in [-0.1, -0.05) is 35.9 Å². The predicted molar refractivity (Wildman–Crippen MR) is 114 cm³/mol. The lowest BCUT2D eigenvalue weighted by Crippen LogP contribution is -2.50. The molecule has 2 saturated heterocycles. The van der Waals surface area contributed by atoms with Gasteiger partial charge in [-0.05, 0) is 43.0 Å². The zero-order chi connectivity index (χ0) is 20.4. The van der Waals surface area contributed by atoms with Crippen LogP contribution in [0.2, 0.25) is 0 Å². The van der Waals surface area contributed by atoms with E-state index in [2.05, 4.69) is 41.0 Å². The third kappa shape index (κ3) is 4.36. The van der Waals surface area contributed by atoms with Crippen molar-refractivity contribution in [1.82, 2.24) is 9.80 Å². The first-order chi connectivity index (χ1) is 14.0. The van der Waals surface area contributed by atoms with Gasteiger partial charge in [-0.3, -0.25) is 19.4 Å². The third-order valence-corrected chi connectivity index (χ3v) is 6.09. The SMILES string of the molecule is Cc1ccc(N2CCN(CN3C(=O)SC(=Cc4ccccc4F)C3=O)CC2)cc1. The summed E-state index contributed by atoms with van der Waals surface area (Å²) in [6, 6.07) is 14.7. The largest absolute Gasteiger partial charge is 0.369 e. The number of aryl methyl sites for hydroxylation is 1. The molecule has 5 nitrogen and oxygen atoms in total. The van der Waals surface area contributed by atoms with Crippen molar-refractivity contribution < 1.29 is 14.0 Å². The Morgan fingerprint density at radius 3 is 2.38 bits per heavy atom. The first-order valence-corrected chi connectivity index (χ1v) is 10.4. The van der Waals surface area contributed by atoms with Crippen molar-refractivity contribution in [1.29, 1.82) is 0 Å². The Hall–Kier alpha value is -2.64. The molecular weight excluding hydrogens is 389 g/mol.